The lowest BCUT2D eigenvalue weighted by Gasteiger charge is -2.21. The van der Waals surface area contributed by atoms with Crippen LogP contribution in [-0.2, 0) is 65.4 Å². The number of phosphoric ester groups is 2. The Hall–Kier alpha value is -1.94. The van der Waals surface area contributed by atoms with E-state index in [1.54, 1.807) is 0 Å². The topological polar surface area (TPSA) is 237 Å². The van der Waals surface area contributed by atoms with E-state index in [2.05, 4.69) is 55.4 Å². The smallest absolute Gasteiger partial charge is 0.462 e. The van der Waals surface area contributed by atoms with Crippen molar-refractivity contribution in [1.82, 2.24) is 0 Å². The van der Waals surface area contributed by atoms with Gasteiger partial charge in [0.25, 0.3) is 0 Å². The molecule has 0 fully saturated rings. The minimum Gasteiger partial charge on any atom is -0.462 e. The van der Waals surface area contributed by atoms with Crippen molar-refractivity contribution in [2.75, 3.05) is 39.6 Å². The standard InChI is InChI=1S/C76H148O17P2/c1-9-68(7)54-46-38-30-24-26-33-41-49-57-74(79)87-63-72(93-76(81)59-51-43-35-27-25-31-39-47-55-69(8)10-2)65-91-95(84,85)89-61-70(77)60-88-94(82,83)90-64-71(62-86-73(78)56-48-40-32-22-19-18-21-29-37-45-53-67(5)6)92-75(80)58-50-42-34-23-17-15-13-11-12-14-16-20-28-36-44-52-66(3)4/h66-72,77H,9-65H2,1-8H3,(H,82,83)(H,84,85)/t68?,69?,70-,71-,72-/m1/s1. The quantitative estimate of drug-likeness (QED) is 0.0222. The van der Waals surface area contributed by atoms with Crippen molar-refractivity contribution in [3.8, 4) is 0 Å². The summed E-state index contributed by atoms with van der Waals surface area (Å²) in [5.41, 5.74) is 0. The number of carbonyl (C=O) groups is 4. The molecule has 7 atom stereocenters. The predicted molar refractivity (Wildman–Crippen MR) is 386 cm³/mol. The van der Waals surface area contributed by atoms with E-state index in [0.717, 1.165) is 114 Å². The summed E-state index contributed by atoms with van der Waals surface area (Å²) in [7, 11) is -9.91. The first-order chi connectivity index (χ1) is 45.7. The molecule has 0 aliphatic carbocycles. The van der Waals surface area contributed by atoms with Crippen LogP contribution in [0.2, 0.25) is 0 Å². The highest BCUT2D eigenvalue weighted by Crippen LogP contribution is 2.45. The van der Waals surface area contributed by atoms with Gasteiger partial charge in [0.1, 0.15) is 19.3 Å². The second-order valence-corrected chi connectivity index (χ2v) is 31.7. The average Bonchev–Trinajstić information content (AvgIpc) is 1.27. The number of unbranched alkanes of at least 4 members (excludes halogenated alkanes) is 37. The number of carbonyl (C=O) groups excluding carboxylic acids is 4. The highest BCUT2D eigenvalue weighted by Gasteiger charge is 2.30. The molecule has 0 aromatic carbocycles. The molecule has 0 spiro atoms. The van der Waals surface area contributed by atoms with Gasteiger partial charge in [-0.1, -0.05) is 331 Å². The summed E-state index contributed by atoms with van der Waals surface area (Å²) < 4.78 is 68.5. The fourth-order valence-corrected chi connectivity index (χ4v) is 13.1. The van der Waals surface area contributed by atoms with Crippen molar-refractivity contribution in [3.63, 3.8) is 0 Å². The number of rotatable bonds is 73. The molecule has 564 valence electrons. The first-order valence-electron chi connectivity index (χ1n) is 39.3. The minimum atomic E-state index is -4.96. The van der Waals surface area contributed by atoms with E-state index < -0.39 is 97.5 Å². The molecule has 0 amide bonds. The Labute approximate surface area is 581 Å². The Kier molecular flexibility index (Phi) is 64.0. The van der Waals surface area contributed by atoms with Crippen molar-refractivity contribution in [2.45, 2.75) is 401 Å². The van der Waals surface area contributed by atoms with Gasteiger partial charge in [0.15, 0.2) is 12.2 Å². The Bertz CT molecular complexity index is 1870. The largest absolute Gasteiger partial charge is 0.472 e. The van der Waals surface area contributed by atoms with E-state index in [9.17, 15) is 43.2 Å². The van der Waals surface area contributed by atoms with Crippen LogP contribution in [0.1, 0.15) is 383 Å². The van der Waals surface area contributed by atoms with E-state index in [1.165, 1.54) is 186 Å². The van der Waals surface area contributed by atoms with Gasteiger partial charge in [-0.05, 0) is 49.4 Å². The third-order valence-electron chi connectivity index (χ3n) is 18.3. The third-order valence-corrected chi connectivity index (χ3v) is 20.2. The predicted octanol–water partition coefficient (Wildman–Crippen LogP) is 22.0. The van der Waals surface area contributed by atoms with Gasteiger partial charge < -0.3 is 33.8 Å². The molecule has 0 aromatic rings. The monoisotopic (exact) mass is 1400 g/mol. The molecule has 17 nitrogen and oxygen atoms in total. The van der Waals surface area contributed by atoms with E-state index in [-0.39, 0.29) is 25.7 Å². The van der Waals surface area contributed by atoms with Gasteiger partial charge in [0.05, 0.1) is 26.4 Å². The maximum atomic E-state index is 13.1. The van der Waals surface area contributed by atoms with Crippen molar-refractivity contribution in [3.05, 3.63) is 0 Å². The maximum Gasteiger partial charge on any atom is 0.472 e. The van der Waals surface area contributed by atoms with E-state index in [1.807, 2.05) is 0 Å². The van der Waals surface area contributed by atoms with E-state index >= 15 is 0 Å². The van der Waals surface area contributed by atoms with Crippen LogP contribution in [0, 0.1) is 23.7 Å². The van der Waals surface area contributed by atoms with E-state index in [0.29, 0.717) is 25.7 Å². The molecule has 95 heavy (non-hydrogen) atoms. The van der Waals surface area contributed by atoms with Crippen molar-refractivity contribution in [2.24, 2.45) is 23.7 Å². The number of aliphatic hydroxyl groups excluding tert-OH is 1. The van der Waals surface area contributed by atoms with E-state index in [4.69, 9.17) is 37.0 Å². The first-order valence-corrected chi connectivity index (χ1v) is 42.3. The molecule has 0 aliphatic heterocycles. The number of phosphoric acid groups is 2. The summed E-state index contributed by atoms with van der Waals surface area (Å²) in [5, 5.41) is 10.6. The molecular formula is C76H148O17P2. The highest BCUT2D eigenvalue weighted by molar-refractivity contribution is 7.47. The molecule has 0 radical (unpaired) electrons. The van der Waals surface area contributed by atoms with Crippen LogP contribution in [0.4, 0.5) is 0 Å². The minimum absolute atomic E-state index is 0.104. The molecule has 0 rings (SSSR count). The van der Waals surface area contributed by atoms with Gasteiger partial charge in [-0.2, -0.15) is 0 Å². The Balaban J connectivity index is 5.26. The number of ether oxygens (including phenoxy) is 4. The summed E-state index contributed by atoms with van der Waals surface area (Å²) in [6, 6.07) is 0. The van der Waals surface area contributed by atoms with Crippen LogP contribution >= 0.6 is 15.6 Å². The molecule has 19 heteroatoms. The molecule has 0 saturated heterocycles. The van der Waals surface area contributed by atoms with Gasteiger partial charge in [-0.3, -0.25) is 37.3 Å². The van der Waals surface area contributed by atoms with Crippen LogP contribution < -0.4 is 0 Å². The van der Waals surface area contributed by atoms with Gasteiger partial charge in [0, 0.05) is 25.7 Å². The van der Waals surface area contributed by atoms with Crippen molar-refractivity contribution >= 4 is 39.5 Å². The van der Waals surface area contributed by atoms with Crippen molar-refractivity contribution < 1.29 is 80.2 Å². The zero-order valence-corrected chi connectivity index (χ0v) is 64.1. The average molecular weight is 1400 g/mol. The summed E-state index contributed by atoms with van der Waals surface area (Å²) in [4.78, 5) is 72.8. The number of hydrogen-bond donors (Lipinski definition) is 3. The highest BCUT2D eigenvalue weighted by atomic mass is 31.2. The summed E-state index contributed by atoms with van der Waals surface area (Å²) in [6.45, 7) is 14.2. The summed E-state index contributed by atoms with van der Waals surface area (Å²) in [5.74, 6) is 0.986. The zero-order chi connectivity index (χ0) is 70.3. The molecule has 4 unspecified atom stereocenters. The number of aliphatic hydroxyl groups is 1. The van der Waals surface area contributed by atoms with Crippen LogP contribution in [0.3, 0.4) is 0 Å². The molecular weight excluding hydrogens is 1250 g/mol. The van der Waals surface area contributed by atoms with Gasteiger partial charge >= 0.3 is 39.5 Å². The lowest BCUT2D eigenvalue weighted by molar-refractivity contribution is -0.161. The fourth-order valence-electron chi connectivity index (χ4n) is 11.5. The molecule has 0 aliphatic rings. The third kappa shape index (κ3) is 67.6. The fraction of sp³-hybridized carbons (Fsp3) is 0.947. The van der Waals surface area contributed by atoms with Crippen LogP contribution in [0.15, 0.2) is 0 Å². The second kappa shape index (κ2) is 65.4. The zero-order valence-electron chi connectivity index (χ0n) is 62.3. The normalized spacial score (nSPS) is 14.7. The van der Waals surface area contributed by atoms with Gasteiger partial charge in [-0.25, -0.2) is 9.13 Å². The molecule has 0 bridgehead atoms. The summed E-state index contributed by atoms with van der Waals surface area (Å²) >= 11 is 0. The van der Waals surface area contributed by atoms with Gasteiger partial charge in [-0.15, -0.1) is 0 Å². The Morgan fingerprint density at radius 1 is 0.295 bits per heavy atom. The number of hydrogen-bond acceptors (Lipinski definition) is 15. The van der Waals surface area contributed by atoms with Crippen LogP contribution in [0.25, 0.3) is 0 Å². The maximum absolute atomic E-state index is 13.1. The van der Waals surface area contributed by atoms with Crippen LogP contribution in [0.5, 0.6) is 0 Å². The molecule has 3 N–H and O–H groups in total. The first kappa shape index (κ1) is 93.1. The Morgan fingerprint density at radius 3 is 0.747 bits per heavy atom. The lowest BCUT2D eigenvalue weighted by Crippen LogP contribution is -2.30. The Morgan fingerprint density at radius 2 is 0.505 bits per heavy atom. The molecule has 0 aromatic heterocycles. The van der Waals surface area contributed by atoms with Gasteiger partial charge in [0.2, 0.25) is 0 Å². The molecule has 0 heterocycles. The lowest BCUT2D eigenvalue weighted by atomic mass is 9.99. The van der Waals surface area contributed by atoms with Crippen molar-refractivity contribution in [1.29, 1.82) is 0 Å². The SMILES string of the molecule is CCC(C)CCCCCCCCCCC(=O)OC[C@H](COP(=O)(O)OC[C@H](O)COP(=O)(O)OC[C@@H](COC(=O)CCCCCCCCCCCCC(C)C)OC(=O)CCCCCCCCCCCCCCCCCC(C)C)OC(=O)CCCCCCCCCCC(C)CC. The molecule has 0 saturated carbocycles. The summed E-state index contributed by atoms with van der Waals surface area (Å²) in [6.07, 6.45) is 49.8. The number of esters is 4. The second-order valence-electron chi connectivity index (χ2n) is 28.8. The van der Waals surface area contributed by atoms with Crippen LogP contribution in [-0.4, -0.2) is 96.7 Å².